The van der Waals surface area contributed by atoms with Gasteiger partial charge in [0.05, 0.1) is 0 Å². The van der Waals surface area contributed by atoms with Crippen molar-refractivity contribution in [2.24, 2.45) is 0 Å². The smallest absolute Gasteiger partial charge is 1.00 e. The molecule has 0 aliphatic carbocycles. The molecule has 0 aromatic carbocycles. The molecule has 0 fully saturated rings. The van der Waals surface area contributed by atoms with E-state index in [1.807, 2.05) is 0 Å². The standard InChI is InChI=1S/C18H36O3.Ca.2H/c1-2-3-4-5-6-7-8-9-10-11-12-13-14-15-16-17(19)18(20)21;;;/h17,19H,2-16H2,1H3,(H,20,21);;;/q;+2;2*-1. The predicted octanol–water partition coefficient (Wildman–Crippen LogP) is 5.15. The summed E-state index contributed by atoms with van der Waals surface area (Å²) in [4.78, 5) is 10.4. The van der Waals surface area contributed by atoms with E-state index in [2.05, 4.69) is 6.92 Å². The van der Waals surface area contributed by atoms with Gasteiger partial charge in [-0.2, -0.15) is 0 Å². The van der Waals surface area contributed by atoms with E-state index in [1.165, 1.54) is 77.0 Å². The number of carbonyl (C=O) groups is 1. The van der Waals surface area contributed by atoms with Gasteiger partial charge < -0.3 is 13.1 Å². The van der Waals surface area contributed by atoms with Crippen LogP contribution in [0.15, 0.2) is 0 Å². The third-order valence-electron chi connectivity index (χ3n) is 4.12. The van der Waals surface area contributed by atoms with Gasteiger partial charge in [0.1, 0.15) is 0 Å². The molecule has 0 rings (SSSR count). The van der Waals surface area contributed by atoms with Gasteiger partial charge in [-0.25, -0.2) is 4.79 Å². The zero-order valence-corrected chi connectivity index (χ0v) is 16.9. The van der Waals surface area contributed by atoms with Gasteiger partial charge in [-0.3, -0.25) is 0 Å². The minimum absolute atomic E-state index is 0. The van der Waals surface area contributed by atoms with Crippen molar-refractivity contribution in [2.75, 3.05) is 0 Å². The van der Waals surface area contributed by atoms with Crippen LogP contribution >= 0.6 is 0 Å². The maximum atomic E-state index is 10.4. The average molecular weight is 343 g/mol. The Hall–Kier alpha value is 0.690. The number of hydrogen-bond donors (Lipinski definition) is 2. The summed E-state index contributed by atoms with van der Waals surface area (Å²) in [5.41, 5.74) is 0. The van der Waals surface area contributed by atoms with Gasteiger partial charge in [-0.15, -0.1) is 0 Å². The van der Waals surface area contributed by atoms with Crippen LogP contribution < -0.4 is 0 Å². The van der Waals surface area contributed by atoms with Crippen LogP contribution in [0.2, 0.25) is 0 Å². The van der Waals surface area contributed by atoms with Crippen molar-refractivity contribution in [3.8, 4) is 0 Å². The van der Waals surface area contributed by atoms with Crippen molar-refractivity contribution >= 4 is 43.7 Å². The Morgan fingerprint density at radius 2 is 1.09 bits per heavy atom. The molecule has 130 valence electrons. The molecule has 0 saturated heterocycles. The predicted molar refractivity (Wildman–Crippen MR) is 96.5 cm³/mol. The second kappa shape index (κ2) is 19.7. The molecule has 4 heteroatoms. The van der Waals surface area contributed by atoms with Gasteiger partial charge in [0.15, 0.2) is 6.10 Å². The summed E-state index contributed by atoms with van der Waals surface area (Å²) in [5, 5.41) is 17.7. The number of carboxylic acid groups (broad SMARTS) is 1. The molecule has 0 aliphatic heterocycles. The number of rotatable bonds is 16. The van der Waals surface area contributed by atoms with Gasteiger partial charge in [0.25, 0.3) is 0 Å². The third kappa shape index (κ3) is 18.7. The molecule has 0 aromatic rings. The minimum Gasteiger partial charge on any atom is -1.00 e. The second-order valence-electron chi connectivity index (χ2n) is 6.24. The molecule has 0 aliphatic rings. The molecular weight excluding hydrogens is 304 g/mol. The summed E-state index contributed by atoms with van der Waals surface area (Å²) in [5.74, 6) is -1.09. The molecule has 0 amide bonds. The van der Waals surface area contributed by atoms with Gasteiger partial charge in [-0.1, -0.05) is 96.8 Å². The summed E-state index contributed by atoms with van der Waals surface area (Å²) in [6.45, 7) is 2.26. The Labute approximate surface area is 170 Å². The number of aliphatic hydroxyl groups excluding tert-OH is 1. The normalized spacial score (nSPS) is 11.9. The molecule has 0 spiro atoms. The zero-order chi connectivity index (χ0) is 15.8. The Kier molecular flexibility index (Phi) is 22.4. The van der Waals surface area contributed by atoms with Crippen LogP contribution in [0, 0.1) is 0 Å². The van der Waals surface area contributed by atoms with E-state index in [1.54, 1.807) is 0 Å². The summed E-state index contributed by atoms with van der Waals surface area (Å²) in [6, 6.07) is 0. The Morgan fingerprint density at radius 3 is 1.41 bits per heavy atom. The number of aliphatic hydroxyl groups is 1. The summed E-state index contributed by atoms with van der Waals surface area (Å²) in [7, 11) is 0. The topological polar surface area (TPSA) is 57.5 Å². The van der Waals surface area contributed by atoms with Crippen LogP contribution in [0.3, 0.4) is 0 Å². The van der Waals surface area contributed by atoms with Crippen molar-refractivity contribution in [2.45, 2.75) is 109 Å². The molecule has 1 unspecified atom stereocenters. The van der Waals surface area contributed by atoms with E-state index < -0.39 is 12.1 Å². The van der Waals surface area contributed by atoms with E-state index >= 15 is 0 Å². The maximum absolute atomic E-state index is 10.4. The first-order valence-corrected chi connectivity index (χ1v) is 9.09. The summed E-state index contributed by atoms with van der Waals surface area (Å²) in [6.07, 6.45) is 17.3. The summed E-state index contributed by atoms with van der Waals surface area (Å²) < 4.78 is 0. The van der Waals surface area contributed by atoms with Crippen molar-refractivity contribution in [1.29, 1.82) is 0 Å². The molecule has 0 aromatic heterocycles. The SMILES string of the molecule is CCCCCCCCCCCCCCCCC(O)C(=O)O.[Ca+2].[H-].[H-]. The molecule has 1 atom stereocenters. The van der Waals surface area contributed by atoms with Crippen molar-refractivity contribution in [1.82, 2.24) is 0 Å². The Morgan fingerprint density at radius 1 is 0.773 bits per heavy atom. The van der Waals surface area contributed by atoms with Crippen LogP contribution in [0.4, 0.5) is 0 Å². The second-order valence-corrected chi connectivity index (χ2v) is 6.24. The fourth-order valence-corrected chi connectivity index (χ4v) is 2.66. The van der Waals surface area contributed by atoms with E-state index in [9.17, 15) is 4.79 Å². The molecule has 2 N–H and O–H groups in total. The third-order valence-corrected chi connectivity index (χ3v) is 4.12. The first kappa shape index (κ1) is 24.9. The van der Waals surface area contributed by atoms with E-state index in [-0.39, 0.29) is 40.6 Å². The fourth-order valence-electron chi connectivity index (χ4n) is 2.66. The van der Waals surface area contributed by atoms with Gasteiger partial charge >= 0.3 is 43.7 Å². The van der Waals surface area contributed by atoms with Crippen molar-refractivity contribution in [3.05, 3.63) is 0 Å². The minimum atomic E-state index is -1.16. The van der Waals surface area contributed by atoms with Gasteiger partial charge in [-0.05, 0) is 6.42 Å². The maximum Gasteiger partial charge on any atom is 2.00 e. The quantitative estimate of drug-likeness (QED) is 0.301. The first-order chi connectivity index (χ1) is 10.2. The summed E-state index contributed by atoms with van der Waals surface area (Å²) >= 11 is 0. The number of carboxylic acids is 1. The molecule has 0 heterocycles. The van der Waals surface area contributed by atoms with E-state index in [0.717, 1.165) is 12.8 Å². The van der Waals surface area contributed by atoms with Crippen molar-refractivity contribution in [3.63, 3.8) is 0 Å². The molecule has 3 nitrogen and oxygen atoms in total. The van der Waals surface area contributed by atoms with Crippen LogP contribution in [-0.2, 0) is 4.79 Å². The molecular formula is C18H38CaO3. The molecule has 22 heavy (non-hydrogen) atoms. The zero-order valence-electron chi connectivity index (χ0n) is 16.7. The largest absolute Gasteiger partial charge is 2.00 e. The van der Waals surface area contributed by atoms with Gasteiger partial charge in [0, 0.05) is 0 Å². The first-order valence-electron chi connectivity index (χ1n) is 9.09. The van der Waals surface area contributed by atoms with Crippen LogP contribution in [-0.4, -0.2) is 60.0 Å². The number of aliphatic carboxylic acids is 1. The van der Waals surface area contributed by atoms with E-state index in [4.69, 9.17) is 10.2 Å². The van der Waals surface area contributed by atoms with Crippen LogP contribution in [0.25, 0.3) is 0 Å². The Bertz CT molecular complexity index is 244. The number of unbranched alkanes of at least 4 members (excludes halogenated alkanes) is 13. The number of hydrogen-bond acceptors (Lipinski definition) is 2. The molecule has 0 bridgehead atoms. The van der Waals surface area contributed by atoms with Crippen molar-refractivity contribution < 1.29 is 17.9 Å². The van der Waals surface area contributed by atoms with Crippen LogP contribution in [0.5, 0.6) is 0 Å². The monoisotopic (exact) mass is 342 g/mol. The van der Waals surface area contributed by atoms with Gasteiger partial charge in [0.2, 0.25) is 0 Å². The Balaban J connectivity index is -0.000000667. The van der Waals surface area contributed by atoms with E-state index in [0.29, 0.717) is 6.42 Å². The fraction of sp³-hybridized carbons (Fsp3) is 0.944. The van der Waals surface area contributed by atoms with Crippen LogP contribution in [0.1, 0.15) is 106 Å². The molecule has 0 saturated carbocycles. The average Bonchev–Trinajstić information content (AvgIpc) is 2.47. The molecule has 0 radical (unpaired) electrons.